The van der Waals surface area contributed by atoms with Gasteiger partial charge in [0.05, 0.1) is 35.4 Å². The minimum absolute atomic E-state index is 0.0380. The number of nitrogens with two attached hydrogens (primary N) is 1. The Morgan fingerprint density at radius 2 is 1.75 bits per heavy atom. The largest absolute Gasteiger partial charge is 0.508 e. The number of guanidine groups is 1. The molecule has 6 aromatic rings. The molecule has 3 aromatic heterocycles. The Kier molecular flexibility index (Phi) is 17.8. The highest BCUT2D eigenvalue weighted by Crippen LogP contribution is 2.47. The molecule has 0 spiro atoms. The molecule has 3 aromatic carbocycles. The molecule has 7 rings (SSSR count). The molecule has 1 aliphatic rings. The van der Waals surface area contributed by atoms with Gasteiger partial charge >= 0.3 is 11.9 Å². The summed E-state index contributed by atoms with van der Waals surface area (Å²) in [5, 5.41) is 101. The number of nitrogens with one attached hydrogen (secondary N) is 4. The van der Waals surface area contributed by atoms with E-state index in [0.29, 0.717) is 40.3 Å². The van der Waals surface area contributed by atoms with Gasteiger partial charge in [0, 0.05) is 49.3 Å². The first-order chi connectivity index (χ1) is 36.8. The average Bonchev–Trinajstić information content (AvgIpc) is 4.06. The molecular weight excluding hydrogens is 1010 g/mol. The van der Waals surface area contributed by atoms with Crippen molar-refractivity contribution in [1.29, 1.82) is 0 Å². The SMILES string of the molecule is CNCC(C=O)N=C(N)NC(CO)(OC(=O)C(NCCC=O)C(=O)O)C1OC(Oc2ccc3c(=O)c(-c4ccc(O)cc4)coc3c2)C(On2cc3cc[nH]c3c2-c2cc(C)cc(C)c2)C(O)(C(O)CCCO)C1(O)CO. The highest BCUT2D eigenvalue weighted by Gasteiger charge is 2.75. The van der Waals surface area contributed by atoms with Gasteiger partial charge in [-0.1, -0.05) is 29.3 Å². The number of aryl methyl sites for hydroxylation is 2. The number of aromatic nitrogens is 2. The van der Waals surface area contributed by atoms with Crippen LogP contribution in [0.1, 0.15) is 30.4 Å². The highest BCUT2D eigenvalue weighted by atomic mass is 16.8. The number of benzene rings is 3. The molecule has 4 heterocycles. The van der Waals surface area contributed by atoms with Crippen molar-refractivity contribution in [1.82, 2.24) is 25.7 Å². The number of aromatic hydroxyl groups is 1. The molecular formula is C52H61N7O18. The number of H-pyrrole nitrogens is 1. The van der Waals surface area contributed by atoms with Crippen molar-refractivity contribution >= 4 is 52.3 Å². The van der Waals surface area contributed by atoms with E-state index in [1.54, 1.807) is 12.3 Å². The van der Waals surface area contributed by atoms with Crippen LogP contribution in [-0.2, 0) is 28.7 Å². The van der Waals surface area contributed by atoms with E-state index in [1.807, 2.05) is 32.0 Å². The third-order valence-electron chi connectivity index (χ3n) is 13.1. The van der Waals surface area contributed by atoms with Gasteiger partial charge in [-0.2, -0.15) is 4.73 Å². The first kappa shape index (κ1) is 57.0. The number of nitrogens with zero attached hydrogens (tertiary/aromatic N) is 2. The van der Waals surface area contributed by atoms with Gasteiger partial charge in [-0.3, -0.25) is 10.1 Å². The van der Waals surface area contributed by atoms with Gasteiger partial charge in [-0.25, -0.2) is 14.6 Å². The number of aldehydes is 2. The van der Waals surface area contributed by atoms with E-state index in [2.05, 4.69) is 25.9 Å². The van der Waals surface area contributed by atoms with Crippen LogP contribution in [0.3, 0.4) is 0 Å². The van der Waals surface area contributed by atoms with Crippen molar-refractivity contribution in [2.24, 2.45) is 10.7 Å². The molecule has 0 saturated carbocycles. The number of ether oxygens (including phenoxy) is 3. The lowest BCUT2D eigenvalue weighted by atomic mass is 9.66. The maximum Gasteiger partial charge on any atom is 0.337 e. The Balaban J connectivity index is 1.48. The lowest BCUT2D eigenvalue weighted by molar-refractivity contribution is -0.400. The maximum atomic E-state index is 14.2. The number of hydrogen-bond donors (Lipinski definition) is 13. The number of rotatable bonds is 25. The van der Waals surface area contributed by atoms with E-state index in [9.17, 15) is 64.8 Å². The van der Waals surface area contributed by atoms with Crippen molar-refractivity contribution in [3.63, 3.8) is 0 Å². The number of hydrogen-bond acceptors (Lipinski definition) is 20. The standard InChI is InChI=1S/C52H61N7O18/c1-28-18-29(2)20-32(19-28)42-40-31(13-15-56-40)23-59(42)77-44-47(74-35-11-12-36-38(21-35)73-25-37(43(36)67)30-7-9-34(65)10-8-30)75-48(50(71,26-63)52(44,72)39(66)6-4-16-60)51(27-64,58-49(53)57-33(24-62)22-54-3)76-46(70)41(45(68)69)55-14-5-17-61/h7-13,15,17-21,23-25,33,39,41,44,47-48,54-56,60,63-66,71-72H,4-6,14,16,22,26-27H2,1-3H3,(H,68,69)(H3,53,57,58). The van der Waals surface area contributed by atoms with E-state index in [0.717, 1.165) is 11.1 Å². The van der Waals surface area contributed by atoms with E-state index >= 15 is 0 Å². The van der Waals surface area contributed by atoms with Gasteiger partial charge in [0.15, 0.2) is 28.7 Å². The lowest BCUT2D eigenvalue weighted by Gasteiger charge is -2.59. The minimum Gasteiger partial charge on any atom is -0.508 e. The average molecular weight is 1070 g/mol. The predicted octanol–water partition coefficient (Wildman–Crippen LogP) is -0.524. The molecule has 0 bridgehead atoms. The highest BCUT2D eigenvalue weighted by molar-refractivity contribution is 5.98. The van der Waals surface area contributed by atoms with E-state index in [-0.39, 0.29) is 47.4 Å². The number of carbonyl (C=O) groups is 4. The molecule has 77 heavy (non-hydrogen) atoms. The van der Waals surface area contributed by atoms with E-state index in [4.69, 9.17) is 29.2 Å². The second-order valence-corrected chi connectivity index (χ2v) is 18.5. The van der Waals surface area contributed by atoms with Crippen LogP contribution in [0.15, 0.2) is 99.6 Å². The second kappa shape index (κ2) is 24.1. The van der Waals surface area contributed by atoms with Crippen LogP contribution in [-0.4, -0.2) is 175 Å². The topological polar surface area (TPSA) is 392 Å². The van der Waals surface area contributed by atoms with Crippen LogP contribution >= 0.6 is 0 Å². The zero-order valence-corrected chi connectivity index (χ0v) is 42.0. The number of phenols is 1. The lowest BCUT2D eigenvalue weighted by Crippen LogP contribution is -2.86. The first-order valence-corrected chi connectivity index (χ1v) is 24.2. The van der Waals surface area contributed by atoms with Gasteiger partial charge in [0.1, 0.15) is 54.3 Å². The summed E-state index contributed by atoms with van der Waals surface area (Å²) in [5.41, 5.74) is -0.760. The molecule has 0 aliphatic carbocycles. The number of likely N-dealkylation sites (N-methyl/N-ethyl adjacent to an activating group) is 1. The fraction of sp³-hybridized carbons (Fsp3) is 0.385. The number of carbonyl (C=O) groups excluding carboxylic acids is 3. The number of carboxylic acids is 1. The molecule has 0 amide bonds. The van der Waals surface area contributed by atoms with Gasteiger partial charge in [-0.05, 0) is 81.8 Å². The molecule has 1 aliphatic heterocycles. The van der Waals surface area contributed by atoms with Crippen LogP contribution in [0.5, 0.6) is 11.5 Å². The number of aliphatic hydroxyl groups is 6. The number of aliphatic carboxylic acids is 1. The van der Waals surface area contributed by atoms with Crippen molar-refractivity contribution in [3.8, 4) is 33.9 Å². The van der Waals surface area contributed by atoms with Gasteiger partial charge in [-0.15, -0.1) is 0 Å². The van der Waals surface area contributed by atoms with Crippen molar-refractivity contribution in [2.75, 3.05) is 40.0 Å². The fourth-order valence-corrected chi connectivity index (χ4v) is 9.49. The number of aliphatic imine (C=N–C) groups is 1. The third kappa shape index (κ3) is 11.5. The predicted molar refractivity (Wildman–Crippen MR) is 274 cm³/mol. The Hall–Kier alpha value is -7.72. The van der Waals surface area contributed by atoms with Crippen LogP contribution in [0.25, 0.3) is 44.3 Å². The number of aliphatic hydroxyl groups excluding tert-OH is 4. The molecule has 25 heteroatoms. The maximum absolute atomic E-state index is 14.2. The van der Waals surface area contributed by atoms with Crippen LogP contribution in [0, 0.1) is 13.8 Å². The Bertz CT molecular complexity index is 3140. The Morgan fingerprint density at radius 3 is 2.39 bits per heavy atom. The van der Waals surface area contributed by atoms with Crippen molar-refractivity contribution < 1.29 is 83.5 Å². The number of esters is 1. The summed E-state index contributed by atoms with van der Waals surface area (Å²) in [6, 6.07) is 13.3. The smallest absolute Gasteiger partial charge is 0.337 e. The molecule has 14 N–H and O–H groups in total. The fourth-order valence-electron chi connectivity index (χ4n) is 9.49. The number of carboxylic acid groups (broad SMARTS) is 1. The van der Waals surface area contributed by atoms with Crippen LogP contribution < -0.4 is 36.7 Å². The van der Waals surface area contributed by atoms with Crippen molar-refractivity contribution in [3.05, 3.63) is 107 Å². The monoisotopic (exact) mass is 1070 g/mol. The molecule has 9 atom stereocenters. The normalized spacial score (nSPS) is 21.7. The number of phenolic OH excluding ortho intramolecular Hbond substituents is 1. The summed E-state index contributed by atoms with van der Waals surface area (Å²) in [6.45, 7) is -0.669. The number of fused-ring (bicyclic) bond motifs is 2. The van der Waals surface area contributed by atoms with E-state index < -0.39 is 110 Å². The summed E-state index contributed by atoms with van der Waals surface area (Å²) >= 11 is 0. The van der Waals surface area contributed by atoms with E-state index in [1.165, 1.54) is 66.7 Å². The third-order valence-corrected chi connectivity index (χ3v) is 13.1. The molecule has 25 nitrogen and oxygen atoms in total. The van der Waals surface area contributed by atoms with Gasteiger partial charge in [0.25, 0.3) is 0 Å². The molecule has 0 radical (unpaired) electrons. The molecule has 412 valence electrons. The number of aromatic amines is 1. The zero-order chi connectivity index (χ0) is 55.8. The molecule has 1 saturated heterocycles. The van der Waals surface area contributed by atoms with Crippen LogP contribution in [0.4, 0.5) is 0 Å². The summed E-state index contributed by atoms with van der Waals surface area (Å²) in [7, 11) is 1.48. The molecule has 9 unspecified atom stereocenters. The van der Waals surface area contributed by atoms with Crippen LogP contribution in [0.2, 0.25) is 0 Å². The Labute approximate surface area is 438 Å². The van der Waals surface area contributed by atoms with Gasteiger partial charge in [0.2, 0.25) is 24.2 Å². The van der Waals surface area contributed by atoms with Crippen molar-refractivity contribution in [2.45, 2.75) is 86.7 Å². The molecule has 1 fully saturated rings. The summed E-state index contributed by atoms with van der Waals surface area (Å²) < 4.78 is 26.0. The first-order valence-electron chi connectivity index (χ1n) is 24.2. The summed E-state index contributed by atoms with van der Waals surface area (Å²) in [6.07, 6.45) is -5.56. The summed E-state index contributed by atoms with van der Waals surface area (Å²) in [4.78, 5) is 78.0. The van der Waals surface area contributed by atoms with Gasteiger partial charge < -0.3 is 95.3 Å². The Morgan fingerprint density at radius 1 is 1.03 bits per heavy atom. The second-order valence-electron chi connectivity index (χ2n) is 18.5. The zero-order valence-electron chi connectivity index (χ0n) is 42.0. The quantitative estimate of drug-likeness (QED) is 0.00652. The summed E-state index contributed by atoms with van der Waals surface area (Å²) in [5.74, 6) is -4.71. The minimum atomic E-state index is -3.50.